The number of carbonyl (C=O) groups excluding carboxylic acids is 2. The van der Waals surface area contributed by atoms with Gasteiger partial charge < -0.3 is 31.3 Å². The Balaban J connectivity index is 1.67. The summed E-state index contributed by atoms with van der Waals surface area (Å²) in [6.45, 7) is 14.4. The number of rotatable bonds is 13. The second-order valence-corrected chi connectivity index (χ2v) is 10.6. The minimum Gasteiger partial charge on any atom is -0.444 e. The standard InChI is InChI=1S/C31H40FN7O3/c1-6-34-16-9-17-39(21(2)36-23-13-14-24(32)25(33)18-23)20-22-12-15-28(35-19-22)29(40)37-26-10-7-8-11-27(26)38-30(41)42-31(3,4)5/h7-8,10-15,18-19,34,36H,2,6,9,16-17,20,33H2,1,3-5H3,(H,37,40)(H,38,41). The van der Waals surface area contributed by atoms with Crippen molar-refractivity contribution < 1.29 is 18.7 Å². The number of nitrogen functional groups attached to an aromatic ring is 1. The van der Waals surface area contributed by atoms with Gasteiger partial charge in [-0.15, -0.1) is 0 Å². The van der Waals surface area contributed by atoms with Crippen molar-refractivity contribution in [2.45, 2.75) is 46.3 Å². The number of pyridine rings is 1. The molecule has 6 N–H and O–H groups in total. The molecule has 11 heteroatoms. The van der Waals surface area contributed by atoms with E-state index in [9.17, 15) is 14.0 Å². The summed E-state index contributed by atoms with van der Waals surface area (Å²) in [6.07, 6.45) is 1.88. The van der Waals surface area contributed by atoms with Crippen molar-refractivity contribution in [3.8, 4) is 0 Å². The van der Waals surface area contributed by atoms with Crippen molar-refractivity contribution in [3.63, 3.8) is 0 Å². The Kier molecular flexibility index (Phi) is 11.3. The highest BCUT2D eigenvalue weighted by atomic mass is 19.1. The molecular formula is C31H40FN7O3. The quantitative estimate of drug-likeness (QED) is 0.127. The molecule has 0 aliphatic heterocycles. The van der Waals surface area contributed by atoms with E-state index in [2.05, 4.69) is 39.8 Å². The molecule has 0 saturated heterocycles. The predicted molar refractivity (Wildman–Crippen MR) is 166 cm³/mol. The molecule has 3 aromatic rings. The zero-order valence-corrected chi connectivity index (χ0v) is 24.6. The van der Waals surface area contributed by atoms with Crippen molar-refractivity contribution in [1.82, 2.24) is 15.2 Å². The summed E-state index contributed by atoms with van der Waals surface area (Å²) in [5, 5.41) is 12.0. The summed E-state index contributed by atoms with van der Waals surface area (Å²) >= 11 is 0. The molecule has 0 spiro atoms. The molecule has 0 aliphatic rings. The van der Waals surface area contributed by atoms with Gasteiger partial charge in [0.1, 0.15) is 17.1 Å². The van der Waals surface area contributed by atoms with Gasteiger partial charge in [0, 0.05) is 25.0 Å². The summed E-state index contributed by atoms with van der Waals surface area (Å²) < 4.78 is 18.9. The number of hydrogen-bond donors (Lipinski definition) is 5. The number of amides is 2. The van der Waals surface area contributed by atoms with Crippen LogP contribution in [0.3, 0.4) is 0 Å². The van der Waals surface area contributed by atoms with E-state index in [1.54, 1.807) is 63.4 Å². The summed E-state index contributed by atoms with van der Waals surface area (Å²) in [7, 11) is 0. The number of nitrogens with zero attached hydrogens (tertiary/aromatic N) is 2. The van der Waals surface area contributed by atoms with Gasteiger partial charge in [-0.05, 0) is 82.2 Å². The molecule has 10 nitrogen and oxygen atoms in total. The number of ether oxygens (including phenoxy) is 1. The maximum Gasteiger partial charge on any atom is 0.412 e. The molecule has 2 amide bonds. The lowest BCUT2D eigenvalue weighted by Gasteiger charge is -2.28. The van der Waals surface area contributed by atoms with Gasteiger partial charge >= 0.3 is 6.09 Å². The molecule has 0 aliphatic carbocycles. The SMILES string of the molecule is C=C(Nc1ccc(F)c(N)c1)N(CCCNCC)Cc1ccc(C(=O)Nc2ccccc2NC(=O)OC(C)(C)C)nc1. The Morgan fingerprint density at radius 3 is 2.38 bits per heavy atom. The fourth-order valence-corrected chi connectivity index (χ4v) is 3.92. The van der Waals surface area contributed by atoms with Crippen LogP contribution in [0.4, 0.5) is 31.9 Å². The van der Waals surface area contributed by atoms with E-state index >= 15 is 0 Å². The fraction of sp³-hybridized carbons (Fsp3) is 0.323. The predicted octanol–water partition coefficient (Wildman–Crippen LogP) is 5.79. The first-order chi connectivity index (χ1) is 19.9. The minimum absolute atomic E-state index is 0.0489. The van der Waals surface area contributed by atoms with Crippen molar-refractivity contribution in [2.24, 2.45) is 0 Å². The van der Waals surface area contributed by atoms with Gasteiger partial charge in [-0.2, -0.15) is 0 Å². The first kappa shape index (κ1) is 31.9. The highest BCUT2D eigenvalue weighted by molar-refractivity contribution is 6.05. The highest BCUT2D eigenvalue weighted by Gasteiger charge is 2.18. The molecule has 1 aromatic heterocycles. The van der Waals surface area contributed by atoms with Crippen LogP contribution in [0.25, 0.3) is 0 Å². The number of nitrogens with one attached hydrogen (secondary N) is 4. The van der Waals surface area contributed by atoms with Crippen LogP contribution in [0.2, 0.25) is 0 Å². The van der Waals surface area contributed by atoms with Gasteiger partial charge in [0.15, 0.2) is 0 Å². The Bertz CT molecular complexity index is 1370. The first-order valence-electron chi connectivity index (χ1n) is 13.8. The highest BCUT2D eigenvalue weighted by Crippen LogP contribution is 2.23. The molecule has 0 saturated carbocycles. The number of nitrogens with two attached hydrogens (primary N) is 1. The Morgan fingerprint density at radius 2 is 1.76 bits per heavy atom. The molecule has 0 fully saturated rings. The van der Waals surface area contributed by atoms with E-state index in [4.69, 9.17) is 10.5 Å². The van der Waals surface area contributed by atoms with Gasteiger partial charge in [0.25, 0.3) is 5.91 Å². The van der Waals surface area contributed by atoms with Gasteiger partial charge in [0.2, 0.25) is 0 Å². The molecule has 0 unspecified atom stereocenters. The number of aromatic nitrogens is 1. The third kappa shape index (κ3) is 10.1. The van der Waals surface area contributed by atoms with Gasteiger partial charge in [-0.25, -0.2) is 9.18 Å². The number of carbonyl (C=O) groups is 2. The first-order valence-corrected chi connectivity index (χ1v) is 13.8. The van der Waals surface area contributed by atoms with Crippen molar-refractivity contribution in [1.29, 1.82) is 0 Å². The second kappa shape index (κ2) is 14.8. The van der Waals surface area contributed by atoms with Crippen LogP contribution >= 0.6 is 0 Å². The Morgan fingerprint density at radius 1 is 1.05 bits per heavy atom. The normalized spacial score (nSPS) is 11.0. The van der Waals surface area contributed by atoms with Crippen LogP contribution in [-0.2, 0) is 11.3 Å². The van der Waals surface area contributed by atoms with E-state index < -0.39 is 23.4 Å². The molecule has 42 heavy (non-hydrogen) atoms. The summed E-state index contributed by atoms with van der Waals surface area (Å²) in [5.41, 5.74) is 7.62. The topological polar surface area (TPSA) is 134 Å². The smallest absolute Gasteiger partial charge is 0.412 e. The lowest BCUT2D eigenvalue weighted by molar-refractivity contribution is 0.0635. The lowest BCUT2D eigenvalue weighted by atomic mass is 10.2. The molecule has 224 valence electrons. The third-order valence-electron chi connectivity index (χ3n) is 5.94. The number of para-hydroxylation sites is 2. The molecular weight excluding hydrogens is 537 g/mol. The molecule has 0 bridgehead atoms. The van der Waals surface area contributed by atoms with Crippen LogP contribution in [-0.4, -0.2) is 47.1 Å². The fourth-order valence-electron chi connectivity index (χ4n) is 3.92. The largest absolute Gasteiger partial charge is 0.444 e. The van der Waals surface area contributed by atoms with E-state index in [0.29, 0.717) is 36.0 Å². The zero-order valence-electron chi connectivity index (χ0n) is 24.6. The van der Waals surface area contributed by atoms with E-state index in [0.717, 1.165) is 25.1 Å². The second-order valence-electron chi connectivity index (χ2n) is 10.6. The van der Waals surface area contributed by atoms with Crippen LogP contribution in [0.1, 0.15) is 50.2 Å². The van der Waals surface area contributed by atoms with Gasteiger partial charge in [-0.1, -0.05) is 31.7 Å². The third-order valence-corrected chi connectivity index (χ3v) is 5.94. The number of benzene rings is 2. The van der Waals surface area contributed by atoms with Crippen LogP contribution in [0.15, 0.2) is 73.2 Å². The van der Waals surface area contributed by atoms with Gasteiger partial charge in [-0.3, -0.25) is 15.1 Å². The average molecular weight is 578 g/mol. The number of hydrogen-bond acceptors (Lipinski definition) is 8. The van der Waals surface area contributed by atoms with E-state index in [1.165, 1.54) is 12.1 Å². The Labute approximate surface area is 246 Å². The van der Waals surface area contributed by atoms with E-state index in [1.807, 2.05) is 11.0 Å². The molecule has 3 rings (SSSR count). The van der Waals surface area contributed by atoms with E-state index in [-0.39, 0.29) is 11.4 Å². The maximum absolute atomic E-state index is 13.6. The van der Waals surface area contributed by atoms with Gasteiger partial charge in [0.05, 0.1) is 22.9 Å². The van der Waals surface area contributed by atoms with Crippen LogP contribution in [0, 0.1) is 5.82 Å². The molecule has 0 radical (unpaired) electrons. The summed E-state index contributed by atoms with van der Waals surface area (Å²) in [4.78, 5) is 31.6. The van der Waals surface area contributed by atoms with Crippen LogP contribution < -0.4 is 27.0 Å². The zero-order chi connectivity index (χ0) is 30.7. The maximum atomic E-state index is 13.6. The Hall–Kier alpha value is -4.64. The summed E-state index contributed by atoms with van der Waals surface area (Å²) in [5.74, 6) is -0.289. The monoisotopic (exact) mass is 577 g/mol. The molecule has 0 atom stereocenters. The van der Waals surface area contributed by atoms with Crippen molar-refractivity contribution >= 4 is 34.7 Å². The average Bonchev–Trinajstić information content (AvgIpc) is 2.92. The number of anilines is 4. The van der Waals surface area contributed by atoms with Crippen LogP contribution in [0.5, 0.6) is 0 Å². The van der Waals surface area contributed by atoms with Crippen molar-refractivity contribution in [2.75, 3.05) is 41.3 Å². The van der Waals surface area contributed by atoms with Crippen molar-refractivity contribution in [3.05, 3.63) is 90.3 Å². The minimum atomic E-state index is -0.659. The summed E-state index contributed by atoms with van der Waals surface area (Å²) in [6, 6.07) is 14.7. The molecule has 2 aromatic carbocycles. The molecule has 1 heterocycles. The lowest BCUT2D eigenvalue weighted by Crippen LogP contribution is -2.29. The number of halogens is 1.